The van der Waals surface area contributed by atoms with Crippen LogP contribution in [0.3, 0.4) is 0 Å². The number of benzene rings is 3. The van der Waals surface area contributed by atoms with E-state index >= 15 is 0 Å². The van der Waals surface area contributed by atoms with Crippen LogP contribution in [0.5, 0.6) is 0 Å². The van der Waals surface area contributed by atoms with Crippen LogP contribution in [-0.4, -0.2) is 24.8 Å². The third kappa shape index (κ3) is 4.47. The molecule has 138 valence electrons. The van der Waals surface area contributed by atoms with Crippen molar-refractivity contribution in [3.8, 4) is 0 Å². The Labute approximate surface area is 161 Å². The fourth-order valence-electron chi connectivity index (χ4n) is 3.26. The maximum atomic E-state index is 12.9. The molecule has 0 aromatic heterocycles. The Bertz CT molecular complexity index is 799. The number of Topliss-reactive ketones (excluding diaryl/α,β-unsaturated/α-hetero) is 1. The SMILES string of the molecule is CCOCCC(=O)C=P(c1ccccc1)(c1ccccc1)c1ccccc1. The van der Waals surface area contributed by atoms with Crippen LogP contribution in [0.2, 0.25) is 0 Å². The topological polar surface area (TPSA) is 26.3 Å². The Morgan fingerprint density at radius 1 is 0.778 bits per heavy atom. The molecule has 0 atom stereocenters. The molecule has 0 aliphatic rings. The third-order valence-corrected chi connectivity index (χ3v) is 8.54. The van der Waals surface area contributed by atoms with E-state index in [2.05, 4.69) is 72.8 Å². The minimum absolute atomic E-state index is 0.133. The zero-order chi connectivity index (χ0) is 19.0. The number of ketones is 1. The predicted molar refractivity (Wildman–Crippen MR) is 117 cm³/mol. The average molecular weight is 376 g/mol. The molecule has 0 radical (unpaired) electrons. The molecule has 3 rings (SSSR count). The normalized spacial score (nSPS) is 11.1. The summed E-state index contributed by atoms with van der Waals surface area (Å²) in [4.78, 5) is 12.9. The van der Waals surface area contributed by atoms with Crippen LogP contribution in [-0.2, 0) is 9.53 Å². The molecular formula is C24H25O2P. The Morgan fingerprint density at radius 3 is 1.56 bits per heavy atom. The molecule has 0 aliphatic heterocycles. The highest BCUT2D eigenvalue weighted by Gasteiger charge is 2.26. The van der Waals surface area contributed by atoms with Crippen molar-refractivity contribution in [2.45, 2.75) is 13.3 Å². The zero-order valence-electron chi connectivity index (χ0n) is 15.6. The molecule has 2 nitrogen and oxygen atoms in total. The van der Waals surface area contributed by atoms with Crippen LogP contribution in [0.25, 0.3) is 0 Å². The Hall–Kier alpha value is -2.41. The van der Waals surface area contributed by atoms with Gasteiger partial charge in [0.05, 0.1) is 6.61 Å². The first-order valence-electron chi connectivity index (χ1n) is 9.29. The molecule has 0 aliphatic carbocycles. The highest BCUT2D eigenvalue weighted by molar-refractivity contribution is 7.95. The van der Waals surface area contributed by atoms with Crippen molar-refractivity contribution in [3.63, 3.8) is 0 Å². The lowest BCUT2D eigenvalue weighted by Crippen LogP contribution is -2.28. The number of ether oxygens (including phenoxy) is 1. The summed E-state index contributed by atoms with van der Waals surface area (Å²) in [5.74, 6) is 2.11. The van der Waals surface area contributed by atoms with Gasteiger partial charge in [-0.25, -0.2) is 0 Å². The van der Waals surface area contributed by atoms with Gasteiger partial charge in [-0.2, -0.15) is 0 Å². The van der Waals surface area contributed by atoms with E-state index in [-0.39, 0.29) is 5.78 Å². The summed E-state index contributed by atoms with van der Waals surface area (Å²) in [6, 6.07) is 31.2. The van der Waals surface area contributed by atoms with E-state index in [1.165, 1.54) is 15.9 Å². The average Bonchev–Trinajstić information content (AvgIpc) is 2.74. The summed E-state index contributed by atoms with van der Waals surface area (Å²) in [5, 5.41) is 3.56. The zero-order valence-corrected chi connectivity index (χ0v) is 16.5. The number of hydrogen-bond acceptors (Lipinski definition) is 2. The highest BCUT2D eigenvalue weighted by Crippen LogP contribution is 2.43. The van der Waals surface area contributed by atoms with Crippen molar-refractivity contribution < 1.29 is 9.53 Å². The van der Waals surface area contributed by atoms with Gasteiger partial charge in [0.15, 0.2) is 5.78 Å². The molecule has 3 aromatic carbocycles. The van der Waals surface area contributed by atoms with Gasteiger partial charge in [0.25, 0.3) is 0 Å². The van der Waals surface area contributed by atoms with E-state index in [1.54, 1.807) is 0 Å². The van der Waals surface area contributed by atoms with Crippen LogP contribution >= 0.6 is 6.89 Å². The lowest BCUT2D eigenvalue weighted by molar-refractivity contribution is -0.113. The number of hydrogen-bond donors (Lipinski definition) is 0. The van der Waals surface area contributed by atoms with E-state index in [4.69, 9.17) is 4.74 Å². The number of rotatable bonds is 8. The molecule has 0 heterocycles. The first-order chi connectivity index (χ1) is 13.3. The van der Waals surface area contributed by atoms with E-state index < -0.39 is 6.89 Å². The largest absolute Gasteiger partial charge is 0.381 e. The molecule has 0 bridgehead atoms. The quantitative estimate of drug-likeness (QED) is 0.442. The Morgan fingerprint density at radius 2 is 1.19 bits per heavy atom. The van der Waals surface area contributed by atoms with Gasteiger partial charge in [-0.05, 0) is 35.5 Å². The summed E-state index contributed by atoms with van der Waals surface area (Å²) in [6.07, 6.45) is 0.405. The molecule has 3 aromatic rings. The van der Waals surface area contributed by atoms with Crippen LogP contribution in [0.4, 0.5) is 0 Å². The molecular weight excluding hydrogens is 351 g/mol. The highest BCUT2D eigenvalue weighted by atomic mass is 31.2. The second-order valence-electron chi connectivity index (χ2n) is 6.27. The van der Waals surface area contributed by atoms with Gasteiger partial charge in [-0.3, -0.25) is 4.79 Å². The molecule has 3 heteroatoms. The molecule has 0 fully saturated rings. The van der Waals surface area contributed by atoms with Crippen LogP contribution in [0.15, 0.2) is 91.0 Å². The van der Waals surface area contributed by atoms with Gasteiger partial charge in [-0.1, -0.05) is 91.0 Å². The second-order valence-corrected chi connectivity index (χ2v) is 9.52. The van der Waals surface area contributed by atoms with Crippen molar-refractivity contribution in [2.75, 3.05) is 13.2 Å². The fraction of sp³-hybridized carbons (Fsp3) is 0.167. The van der Waals surface area contributed by atoms with Gasteiger partial charge in [0, 0.05) is 13.0 Å². The van der Waals surface area contributed by atoms with Crippen molar-refractivity contribution in [3.05, 3.63) is 91.0 Å². The monoisotopic (exact) mass is 376 g/mol. The summed E-state index contributed by atoms with van der Waals surface area (Å²) in [6.45, 7) is 0.851. The maximum absolute atomic E-state index is 12.9. The fourth-order valence-corrected chi connectivity index (χ4v) is 7.09. The van der Waals surface area contributed by atoms with Crippen molar-refractivity contribution in [1.29, 1.82) is 0 Å². The first kappa shape index (κ1) is 19.4. The van der Waals surface area contributed by atoms with E-state index in [9.17, 15) is 4.79 Å². The molecule has 0 saturated heterocycles. The van der Waals surface area contributed by atoms with Crippen molar-refractivity contribution in [2.24, 2.45) is 0 Å². The van der Waals surface area contributed by atoms with Crippen LogP contribution in [0, 0.1) is 0 Å². The van der Waals surface area contributed by atoms with E-state index in [1.807, 2.05) is 30.9 Å². The molecule has 0 N–H and O–H groups in total. The Kier molecular flexibility index (Phi) is 6.81. The van der Waals surface area contributed by atoms with E-state index in [0.29, 0.717) is 19.6 Å². The third-order valence-electron chi connectivity index (χ3n) is 4.52. The minimum Gasteiger partial charge on any atom is -0.381 e. The molecule has 0 spiro atoms. The smallest absolute Gasteiger partial charge is 0.159 e. The molecule has 27 heavy (non-hydrogen) atoms. The summed E-state index contributed by atoms with van der Waals surface area (Å²) >= 11 is 0. The summed E-state index contributed by atoms with van der Waals surface area (Å²) in [5.41, 5.74) is 0. The van der Waals surface area contributed by atoms with Crippen molar-refractivity contribution >= 4 is 34.4 Å². The lowest BCUT2D eigenvalue weighted by atomic mass is 10.3. The second kappa shape index (κ2) is 9.50. The standard InChI is InChI=1S/C24H25O2P/c1-2-26-19-18-21(25)20-27(22-12-6-3-7-13-22,23-14-8-4-9-15-23)24-16-10-5-11-17-24/h3-17,20H,2,18-19H2,1H3. The van der Waals surface area contributed by atoms with Crippen LogP contribution in [0.1, 0.15) is 13.3 Å². The van der Waals surface area contributed by atoms with Gasteiger partial charge in [0.2, 0.25) is 0 Å². The van der Waals surface area contributed by atoms with Gasteiger partial charge in [-0.15, -0.1) is 0 Å². The number of carbonyl (C=O) groups is 1. The van der Waals surface area contributed by atoms with Gasteiger partial charge in [0.1, 0.15) is 0 Å². The molecule has 0 amide bonds. The summed E-state index contributed by atoms with van der Waals surface area (Å²) < 4.78 is 5.41. The first-order valence-corrected chi connectivity index (χ1v) is 11.1. The van der Waals surface area contributed by atoms with Crippen LogP contribution < -0.4 is 15.9 Å². The summed E-state index contributed by atoms with van der Waals surface area (Å²) in [7, 11) is 0. The molecule has 0 saturated carbocycles. The lowest BCUT2D eigenvalue weighted by Gasteiger charge is -2.28. The Balaban J connectivity index is 2.25. The number of carbonyl (C=O) groups excluding carboxylic acids is 1. The van der Waals surface area contributed by atoms with Gasteiger partial charge >= 0.3 is 0 Å². The van der Waals surface area contributed by atoms with Gasteiger partial charge < -0.3 is 4.74 Å². The van der Waals surface area contributed by atoms with E-state index in [0.717, 1.165) is 0 Å². The van der Waals surface area contributed by atoms with Crippen molar-refractivity contribution in [1.82, 2.24) is 0 Å². The minimum atomic E-state index is -2.19. The molecule has 0 unspecified atom stereocenters. The maximum Gasteiger partial charge on any atom is 0.159 e. The predicted octanol–water partition coefficient (Wildman–Crippen LogP) is 3.78.